The molecule has 2 aromatic carbocycles. The summed E-state index contributed by atoms with van der Waals surface area (Å²) in [7, 11) is 2.72. The van der Waals surface area contributed by atoms with Crippen LogP contribution in [0, 0.1) is 0 Å². The van der Waals surface area contributed by atoms with E-state index in [0.717, 1.165) is 5.56 Å². The zero-order valence-corrected chi connectivity index (χ0v) is 16.0. The molecule has 8 nitrogen and oxygen atoms in total. The second-order valence-corrected chi connectivity index (χ2v) is 5.84. The van der Waals surface area contributed by atoms with Crippen LogP contribution in [0.1, 0.15) is 21.5 Å². The Balaban J connectivity index is 1.77. The molecule has 0 saturated carbocycles. The maximum Gasteiger partial charge on any atom is 0.337 e. The van der Waals surface area contributed by atoms with Crippen LogP contribution in [0.2, 0.25) is 0 Å². The molecule has 2 aromatic rings. The Morgan fingerprint density at radius 3 is 2.45 bits per heavy atom. The predicted octanol–water partition coefficient (Wildman–Crippen LogP) is 2.06. The van der Waals surface area contributed by atoms with Crippen molar-refractivity contribution in [1.29, 1.82) is 0 Å². The van der Waals surface area contributed by atoms with Crippen molar-refractivity contribution < 1.29 is 33.7 Å². The number of benzene rings is 2. The normalized spacial score (nSPS) is 10.4. The largest absolute Gasteiger partial charge is 0.504 e. The molecule has 29 heavy (non-hydrogen) atoms. The summed E-state index contributed by atoms with van der Waals surface area (Å²) in [6.45, 7) is -0.205. The number of phenolic OH excluding ortho intramolecular Hbond substituents is 1. The molecule has 8 heteroatoms. The number of phenols is 1. The van der Waals surface area contributed by atoms with Gasteiger partial charge in [-0.3, -0.25) is 4.79 Å². The van der Waals surface area contributed by atoms with E-state index in [-0.39, 0.29) is 18.0 Å². The van der Waals surface area contributed by atoms with Gasteiger partial charge in [0.2, 0.25) is 0 Å². The van der Waals surface area contributed by atoms with Crippen molar-refractivity contribution in [3.05, 3.63) is 65.2 Å². The molecule has 0 radical (unpaired) electrons. The van der Waals surface area contributed by atoms with Gasteiger partial charge >= 0.3 is 11.9 Å². The number of hydrogen-bond acceptors (Lipinski definition) is 7. The Morgan fingerprint density at radius 1 is 1.07 bits per heavy atom. The molecule has 0 heterocycles. The zero-order chi connectivity index (χ0) is 21.2. The van der Waals surface area contributed by atoms with Gasteiger partial charge in [-0.15, -0.1) is 0 Å². The van der Waals surface area contributed by atoms with Crippen molar-refractivity contribution >= 4 is 23.9 Å². The summed E-state index contributed by atoms with van der Waals surface area (Å²) in [4.78, 5) is 34.9. The Labute approximate surface area is 167 Å². The Bertz CT molecular complexity index is 904. The standard InChI is InChI=1S/C21H21NO7/c1-27-18-11-14(5-9-17(18)23)6-10-20(25)29-13-19(24)22-12-15-3-7-16(8-4-15)21(26)28-2/h3-11,23H,12-13H2,1-2H3,(H,22,24). The Hall–Kier alpha value is -3.81. The topological polar surface area (TPSA) is 111 Å². The maximum absolute atomic E-state index is 11.8. The van der Waals surface area contributed by atoms with E-state index >= 15 is 0 Å². The van der Waals surface area contributed by atoms with Crippen molar-refractivity contribution in [2.75, 3.05) is 20.8 Å². The number of carbonyl (C=O) groups excluding carboxylic acids is 3. The minimum Gasteiger partial charge on any atom is -0.504 e. The van der Waals surface area contributed by atoms with Gasteiger partial charge in [-0.1, -0.05) is 18.2 Å². The SMILES string of the molecule is COC(=O)c1ccc(CNC(=O)COC(=O)C=Cc2ccc(O)c(OC)c2)cc1. The van der Waals surface area contributed by atoms with Gasteiger partial charge in [-0.25, -0.2) is 9.59 Å². The zero-order valence-electron chi connectivity index (χ0n) is 16.0. The molecule has 0 fully saturated rings. The van der Waals surface area contributed by atoms with Gasteiger partial charge in [0.1, 0.15) is 0 Å². The average Bonchev–Trinajstić information content (AvgIpc) is 2.75. The Morgan fingerprint density at radius 2 is 1.79 bits per heavy atom. The van der Waals surface area contributed by atoms with Gasteiger partial charge in [0, 0.05) is 12.6 Å². The highest BCUT2D eigenvalue weighted by molar-refractivity contribution is 5.90. The highest BCUT2D eigenvalue weighted by Gasteiger charge is 2.07. The molecular weight excluding hydrogens is 378 g/mol. The van der Waals surface area contributed by atoms with Crippen LogP contribution in [0.25, 0.3) is 6.08 Å². The van der Waals surface area contributed by atoms with Crippen molar-refractivity contribution in [2.45, 2.75) is 6.54 Å². The van der Waals surface area contributed by atoms with E-state index in [4.69, 9.17) is 9.47 Å². The minimum absolute atomic E-state index is 0.0103. The lowest BCUT2D eigenvalue weighted by Gasteiger charge is -2.06. The Kier molecular flexibility index (Phi) is 7.78. The number of carbonyl (C=O) groups is 3. The number of amides is 1. The van der Waals surface area contributed by atoms with Gasteiger partial charge in [-0.2, -0.15) is 0 Å². The van der Waals surface area contributed by atoms with Crippen molar-refractivity contribution in [3.63, 3.8) is 0 Å². The van der Waals surface area contributed by atoms with E-state index in [9.17, 15) is 19.5 Å². The molecule has 0 atom stereocenters. The van der Waals surface area contributed by atoms with Crippen LogP contribution in [0.4, 0.5) is 0 Å². The molecule has 0 aliphatic rings. The number of hydrogen-bond donors (Lipinski definition) is 2. The molecule has 152 valence electrons. The van der Waals surface area contributed by atoms with Crippen molar-refractivity contribution in [2.24, 2.45) is 0 Å². The molecule has 2 rings (SSSR count). The summed E-state index contributed by atoms with van der Waals surface area (Å²) >= 11 is 0. The second-order valence-electron chi connectivity index (χ2n) is 5.84. The summed E-state index contributed by atoms with van der Waals surface area (Å²) < 4.78 is 14.5. The smallest absolute Gasteiger partial charge is 0.337 e. The fraction of sp³-hybridized carbons (Fsp3) is 0.190. The molecule has 0 aliphatic heterocycles. The van der Waals surface area contributed by atoms with E-state index in [1.807, 2.05) is 0 Å². The number of ether oxygens (including phenoxy) is 3. The molecule has 0 aromatic heterocycles. The van der Waals surface area contributed by atoms with E-state index < -0.39 is 24.5 Å². The molecule has 2 N–H and O–H groups in total. The van der Waals surface area contributed by atoms with Crippen LogP contribution in [0.5, 0.6) is 11.5 Å². The lowest BCUT2D eigenvalue weighted by atomic mass is 10.1. The third kappa shape index (κ3) is 6.69. The monoisotopic (exact) mass is 399 g/mol. The van der Waals surface area contributed by atoms with Crippen molar-refractivity contribution in [1.82, 2.24) is 5.32 Å². The molecule has 0 saturated heterocycles. The van der Waals surface area contributed by atoms with E-state index in [1.165, 1.54) is 32.4 Å². The van der Waals surface area contributed by atoms with E-state index in [0.29, 0.717) is 11.1 Å². The fourth-order valence-electron chi connectivity index (χ4n) is 2.28. The average molecular weight is 399 g/mol. The highest BCUT2D eigenvalue weighted by Crippen LogP contribution is 2.26. The quantitative estimate of drug-likeness (QED) is 0.516. The predicted molar refractivity (Wildman–Crippen MR) is 104 cm³/mol. The fourth-order valence-corrected chi connectivity index (χ4v) is 2.28. The van der Waals surface area contributed by atoms with Crippen LogP contribution in [-0.4, -0.2) is 43.8 Å². The molecular formula is C21H21NO7. The van der Waals surface area contributed by atoms with Crippen LogP contribution >= 0.6 is 0 Å². The van der Waals surface area contributed by atoms with Gasteiger partial charge in [0.25, 0.3) is 5.91 Å². The highest BCUT2D eigenvalue weighted by atomic mass is 16.5. The lowest BCUT2D eigenvalue weighted by molar-refractivity contribution is -0.143. The van der Waals surface area contributed by atoms with Gasteiger partial charge in [-0.05, 0) is 41.5 Å². The second kappa shape index (κ2) is 10.5. The third-order valence-corrected chi connectivity index (χ3v) is 3.83. The molecule has 0 unspecified atom stereocenters. The first kappa shape index (κ1) is 21.5. The van der Waals surface area contributed by atoms with Gasteiger partial charge < -0.3 is 24.6 Å². The number of rotatable bonds is 8. The van der Waals surface area contributed by atoms with E-state index in [1.54, 1.807) is 36.4 Å². The number of esters is 2. The maximum atomic E-state index is 11.8. The third-order valence-electron chi connectivity index (χ3n) is 3.83. The molecule has 1 amide bonds. The summed E-state index contributed by atoms with van der Waals surface area (Å²) in [6.07, 6.45) is 2.65. The van der Waals surface area contributed by atoms with Crippen molar-refractivity contribution in [3.8, 4) is 11.5 Å². The number of methoxy groups -OCH3 is 2. The first-order valence-corrected chi connectivity index (χ1v) is 8.58. The molecule has 0 bridgehead atoms. The minimum atomic E-state index is -0.686. The van der Waals surface area contributed by atoms with Crippen LogP contribution in [0.15, 0.2) is 48.5 Å². The summed E-state index contributed by atoms with van der Waals surface area (Å²) in [6, 6.07) is 11.2. The van der Waals surface area contributed by atoms with Crippen LogP contribution in [-0.2, 0) is 25.6 Å². The lowest BCUT2D eigenvalue weighted by Crippen LogP contribution is -2.28. The van der Waals surface area contributed by atoms with Crippen LogP contribution < -0.4 is 10.1 Å². The number of aromatic hydroxyl groups is 1. The molecule has 0 spiro atoms. The summed E-state index contributed by atoms with van der Waals surface area (Å²) in [5.74, 6) is -1.32. The summed E-state index contributed by atoms with van der Waals surface area (Å²) in [5, 5.41) is 12.1. The van der Waals surface area contributed by atoms with E-state index in [2.05, 4.69) is 10.1 Å². The first-order chi connectivity index (χ1) is 13.9. The molecule has 0 aliphatic carbocycles. The van der Waals surface area contributed by atoms with Gasteiger partial charge in [0.05, 0.1) is 19.8 Å². The van der Waals surface area contributed by atoms with Gasteiger partial charge in [0.15, 0.2) is 18.1 Å². The number of nitrogens with one attached hydrogen (secondary N) is 1. The first-order valence-electron chi connectivity index (χ1n) is 8.58. The summed E-state index contributed by atoms with van der Waals surface area (Å²) in [5.41, 5.74) is 1.81. The van der Waals surface area contributed by atoms with Crippen LogP contribution in [0.3, 0.4) is 0 Å².